The van der Waals surface area contributed by atoms with Gasteiger partial charge in [0.25, 0.3) is 0 Å². The maximum Gasteiger partial charge on any atom is 0.325 e. The molecule has 7 rings (SSSR count). The van der Waals surface area contributed by atoms with Crippen LogP contribution in [0.2, 0.25) is 0 Å². The molecule has 2 aromatic carbocycles. The molecular formula is C40H50N8O9S4. The lowest BCUT2D eigenvalue weighted by Crippen LogP contribution is -2.36. The minimum Gasteiger partial charge on any atom is -0.378 e. The Labute approximate surface area is 363 Å². The first-order valence-corrected chi connectivity index (χ1v) is 25.2. The van der Waals surface area contributed by atoms with E-state index in [4.69, 9.17) is 4.74 Å². The maximum absolute atomic E-state index is 13.3. The summed E-state index contributed by atoms with van der Waals surface area (Å²) in [5, 5.41) is 10.9. The highest BCUT2D eigenvalue weighted by atomic mass is 32.2. The molecule has 0 radical (unpaired) electrons. The van der Waals surface area contributed by atoms with Gasteiger partial charge in [0.2, 0.25) is 0 Å². The molecule has 61 heavy (non-hydrogen) atoms. The van der Waals surface area contributed by atoms with Crippen molar-refractivity contribution in [3.05, 3.63) is 59.9 Å². The number of nitrogens with one attached hydrogen (secondary N) is 4. The second-order valence-corrected chi connectivity index (χ2v) is 21.9. The van der Waals surface area contributed by atoms with Crippen molar-refractivity contribution in [3.63, 3.8) is 0 Å². The van der Waals surface area contributed by atoms with Crippen LogP contribution < -0.4 is 31.1 Å². The largest absolute Gasteiger partial charge is 0.378 e. The second-order valence-electron chi connectivity index (χ2n) is 15.3. The quantitative estimate of drug-likeness (QED) is 0.105. The van der Waals surface area contributed by atoms with E-state index in [1.165, 1.54) is 12.4 Å². The predicted octanol–water partition coefficient (Wildman–Crippen LogP) is 7.03. The van der Waals surface area contributed by atoms with Crippen molar-refractivity contribution in [2.75, 3.05) is 84.0 Å². The van der Waals surface area contributed by atoms with Crippen LogP contribution in [0, 0.1) is 11.8 Å². The average molecular weight is 915 g/mol. The number of Topliss-reactive ketones (excluding diaryl/α,β-unsaturated/α-hetero) is 2. The summed E-state index contributed by atoms with van der Waals surface area (Å²) in [5.41, 5.74) is 3.62. The molecule has 17 nitrogen and oxygen atoms in total. The first kappa shape index (κ1) is 45.6. The van der Waals surface area contributed by atoms with Gasteiger partial charge in [0, 0.05) is 74.0 Å². The summed E-state index contributed by atoms with van der Waals surface area (Å²) >= 11 is 1.75. The van der Waals surface area contributed by atoms with Crippen LogP contribution in [0.4, 0.5) is 42.6 Å². The molecular weight excluding hydrogens is 865 g/mol. The molecule has 3 heterocycles. The number of urea groups is 2. The number of rotatable bonds is 12. The Bertz CT molecular complexity index is 2470. The monoisotopic (exact) mass is 914 g/mol. The Balaban J connectivity index is 0.000000205. The highest BCUT2D eigenvalue weighted by molar-refractivity contribution is 7.93. The minimum absolute atomic E-state index is 0.0210. The molecule has 0 bridgehead atoms. The van der Waals surface area contributed by atoms with Crippen molar-refractivity contribution in [2.45, 2.75) is 59.8 Å². The zero-order chi connectivity index (χ0) is 43.9. The number of sulfone groups is 2. The molecule has 3 fully saturated rings. The van der Waals surface area contributed by atoms with Crippen LogP contribution in [-0.2, 0) is 24.4 Å². The van der Waals surface area contributed by atoms with Crippen molar-refractivity contribution < 1.29 is 40.8 Å². The molecule has 0 unspecified atom stereocenters. The Hall–Kier alpha value is -4.96. The van der Waals surface area contributed by atoms with Crippen LogP contribution in [0.3, 0.4) is 0 Å². The van der Waals surface area contributed by atoms with Gasteiger partial charge in [-0.2, -0.15) is 0 Å². The van der Waals surface area contributed by atoms with Crippen LogP contribution in [0.1, 0.15) is 72.1 Å². The number of ketones is 2. The number of amides is 4. The van der Waals surface area contributed by atoms with Gasteiger partial charge in [-0.05, 0) is 62.1 Å². The Kier molecular flexibility index (Phi) is 14.8. The number of benzene rings is 2. The summed E-state index contributed by atoms with van der Waals surface area (Å²) in [6, 6.07) is 9.64. The highest BCUT2D eigenvalue weighted by Gasteiger charge is 2.29. The van der Waals surface area contributed by atoms with Gasteiger partial charge in [-0.25, -0.2) is 36.4 Å². The third kappa shape index (κ3) is 12.1. The molecule has 4 N–H and O–H groups in total. The lowest BCUT2D eigenvalue weighted by atomic mass is 9.94. The molecule has 2 aromatic heterocycles. The van der Waals surface area contributed by atoms with Crippen molar-refractivity contribution in [2.24, 2.45) is 11.8 Å². The maximum atomic E-state index is 13.3. The summed E-state index contributed by atoms with van der Waals surface area (Å²) in [4.78, 5) is 63.2. The van der Waals surface area contributed by atoms with E-state index in [1.807, 2.05) is 37.2 Å². The lowest BCUT2D eigenvalue weighted by molar-refractivity contribution is 0.0916. The number of anilines is 6. The molecule has 4 amide bonds. The number of morpholine rings is 1. The Morgan fingerprint density at radius 3 is 1.54 bits per heavy atom. The van der Waals surface area contributed by atoms with Gasteiger partial charge >= 0.3 is 12.1 Å². The fourth-order valence-corrected chi connectivity index (χ4v) is 10.5. The van der Waals surface area contributed by atoms with Gasteiger partial charge in [0.05, 0.1) is 37.0 Å². The second kappa shape index (κ2) is 19.8. The minimum atomic E-state index is -3.39. The van der Waals surface area contributed by atoms with E-state index in [2.05, 4.69) is 36.1 Å². The van der Waals surface area contributed by atoms with Gasteiger partial charge in [-0.15, -0.1) is 0 Å². The van der Waals surface area contributed by atoms with Crippen LogP contribution >= 0.6 is 22.7 Å². The zero-order valence-corrected chi connectivity index (χ0v) is 37.6. The fourth-order valence-electron chi connectivity index (χ4n) is 7.28. The zero-order valence-electron chi connectivity index (χ0n) is 34.4. The molecule has 0 atom stereocenters. The van der Waals surface area contributed by atoms with E-state index in [0.717, 1.165) is 111 Å². The molecule has 21 heteroatoms. The van der Waals surface area contributed by atoms with Crippen molar-refractivity contribution in [1.29, 1.82) is 0 Å². The first-order valence-electron chi connectivity index (χ1n) is 19.8. The summed E-state index contributed by atoms with van der Waals surface area (Å²) in [5.74, 6) is 0.0266. The van der Waals surface area contributed by atoms with Gasteiger partial charge in [-0.1, -0.05) is 48.4 Å². The van der Waals surface area contributed by atoms with E-state index in [9.17, 15) is 36.0 Å². The van der Waals surface area contributed by atoms with E-state index in [0.29, 0.717) is 35.7 Å². The summed E-state index contributed by atoms with van der Waals surface area (Å²) < 4.78 is 51.9. The third-order valence-corrected chi connectivity index (χ3v) is 15.9. The van der Waals surface area contributed by atoms with Crippen LogP contribution in [-0.4, -0.2) is 103 Å². The van der Waals surface area contributed by atoms with Crippen molar-refractivity contribution in [3.8, 4) is 0 Å². The van der Waals surface area contributed by atoms with E-state index >= 15 is 0 Å². The van der Waals surface area contributed by atoms with E-state index in [-0.39, 0.29) is 42.1 Å². The molecule has 1 saturated heterocycles. The molecule has 328 valence electrons. The normalized spacial score (nSPS) is 16.0. The summed E-state index contributed by atoms with van der Waals surface area (Å²) in [7, 11) is -3.00. The molecule has 2 saturated carbocycles. The van der Waals surface area contributed by atoms with Crippen LogP contribution in [0.15, 0.2) is 57.2 Å². The topological polar surface area (TPSA) is 226 Å². The van der Waals surface area contributed by atoms with Gasteiger partial charge in [0.15, 0.2) is 41.5 Å². The molecule has 3 aliphatic rings. The number of carbonyl (C=O) groups is 4. The van der Waals surface area contributed by atoms with E-state index < -0.39 is 31.7 Å². The summed E-state index contributed by atoms with van der Waals surface area (Å²) in [6.07, 6.45) is 12.2. The van der Waals surface area contributed by atoms with Gasteiger partial charge < -0.3 is 25.2 Å². The number of hydrogen-bond acceptors (Lipinski definition) is 15. The highest BCUT2D eigenvalue weighted by Crippen LogP contribution is 2.35. The SMILES string of the molecule is CN(C)c1ccc(NC(=O)Nc2ncc(S(C)(=O)=O)s2)c(C(=O)C2CCCC2)c1.CS(=O)(=O)c1cnc(NC(=O)Nc2ccc(N3CCOCC3)cc2C(=O)C2CCCC2)s1. The first-order chi connectivity index (χ1) is 29.0. The van der Waals surface area contributed by atoms with Gasteiger partial charge in [0.1, 0.15) is 8.42 Å². The van der Waals surface area contributed by atoms with Crippen LogP contribution in [0.25, 0.3) is 0 Å². The molecule has 2 aliphatic carbocycles. The molecule has 4 aromatic rings. The fraction of sp³-hybridized carbons (Fsp3) is 0.450. The average Bonchev–Trinajstić information content (AvgIpc) is 4.07. The van der Waals surface area contributed by atoms with E-state index in [1.54, 1.807) is 18.2 Å². The van der Waals surface area contributed by atoms with Crippen molar-refractivity contribution in [1.82, 2.24) is 9.97 Å². The number of aromatic nitrogens is 2. The summed E-state index contributed by atoms with van der Waals surface area (Å²) in [6.45, 7) is 2.77. The lowest BCUT2D eigenvalue weighted by Gasteiger charge is -2.29. The number of hydrogen-bond donors (Lipinski definition) is 4. The number of ether oxygens (including phenoxy) is 1. The Morgan fingerprint density at radius 2 is 1.11 bits per heavy atom. The third-order valence-electron chi connectivity index (χ3n) is 10.5. The number of carbonyl (C=O) groups excluding carboxylic acids is 4. The van der Waals surface area contributed by atoms with Gasteiger partial charge in [-0.3, -0.25) is 20.2 Å². The molecule has 1 aliphatic heterocycles. The number of thiazole rings is 2. The van der Waals surface area contributed by atoms with Crippen LogP contribution in [0.5, 0.6) is 0 Å². The van der Waals surface area contributed by atoms with Crippen molar-refractivity contribution >= 4 is 99.0 Å². The predicted molar refractivity (Wildman–Crippen MR) is 239 cm³/mol. The number of nitrogens with zero attached hydrogens (tertiary/aromatic N) is 4. The standard InChI is InChI=1S/C21H26N4O5S2.C19H24N4O4S2/c1-32(28,29)18-13-22-21(31-18)24-20(27)23-17-7-6-15(25-8-10-30-11-9-25)12-16(17)19(26)14-4-2-3-5-14;1-23(2)13-8-9-15(14(10-13)17(24)12-6-4-5-7-12)21-18(25)22-19-20-11-16(28-19)29(3,26)27/h6-7,12-14H,2-5,8-11H2,1H3,(H2,22,23,24,27);8-12H,4-7H2,1-3H3,(H2,20,21,22,25). The Morgan fingerprint density at radius 1 is 0.672 bits per heavy atom. The smallest absolute Gasteiger partial charge is 0.325 e. The molecule has 0 spiro atoms.